The molecule has 7 nitrogen and oxygen atoms in total. The second-order valence-corrected chi connectivity index (χ2v) is 8.62. The molecule has 2 unspecified atom stereocenters. The van der Waals surface area contributed by atoms with Crippen LogP contribution < -0.4 is 0 Å². The predicted octanol–water partition coefficient (Wildman–Crippen LogP) is 3.01. The highest BCUT2D eigenvalue weighted by atomic mass is 16.6. The normalized spacial score (nSPS) is 24.1. The molecule has 2 N–H and O–H groups in total. The molecule has 1 saturated heterocycles. The molecule has 0 aliphatic carbocycles. The molecule has 31 heavy (non-hydrogen) atoms. The van der Waals surface area contributed by atoms with E-state index in [2.05, 4.69) is 11.8 Å². The van der Waals surface area contributed by atoms with Crippen molar-refractivity contribution in [3.63, 3.8) is 0 Å². The van der Waals surface area contributed by atoms with Gasteiger partial charge in [-0.1, -0.05) is 64.7 Å². The number of unbranched alkanes of at least 4 members (excludes halogenated alkanes) is 9. The molecule has 1 aliphatic rings. The molecule has 1 rings (SSSR count). The lowest BCUT2D eigenvalue weighted by Gasteiger charge is -2.27. The van der Waals surface area contributed by atoms with E-state index in [1.54, 1.807) is 0 Å². The van der Waals surface area contributed by atoms with Crippen LogP contribution in [0.25, 0.3) is 0 Å². The molecule has 0 aromatic carbocycles. The first-order valence-corrected chi connectivity index (χ1v) is 12.6. The third kappa shape index (κ3) is 18.9. The summed E-state index contributed by atoms with van der Waals surface area (Å²) in [7, 11) is 0. The summed E-state index contributed by atoms with van der Waals surface area (Å²) < 4.78 is 21.9. The summed E-state index contributed by atoms with van der Waals surface area (Å²) in [5.41, 5.74) is 0. The van der Waals surface area contributed by atoms with Gasteiger partial charge in [-0.25, -0.2) is 0 Å². The lowest BCUT2D eigenvalue weighted by Crippen LogP contribution is -2.41. The van der Waals surface area contributed by atoms with Crippen LogP contribution in [0.3, 0.4) is 0 Å². The Balaban J connectivity index is 2.27. The Hall–Kier alpha value is -0.280. The number of β-amino-alcohol motifs (C(OH)–C–C–N with tert-alkyl or cyclic N) is 2. The minimum atomic E-state index is -0.574. The maximum atomic E-state index is 10.3. The largest absolute Gasteiger partial charge is 0.389 e. The summed E-state index contributed by atoms with van der Waals surface area (Å²) in [4.78, 5) is 2.14. The average Bonchev–Trinajstić information content (AvgIpc) is 2.75. The van der Waals surface area contributed by atoms with Crippen molar-refractivity contribution in [2.24, 2.45) is 0 Å². The molecule has 186 valence electrons. The molecule has 7 heteroatoms. The third-order valence-electron chi connectivity index (χ3n) is 5.50. The molecule has 1 fully saturated rings. The summed E-state index contributed by atoms with van der Waals surface area (Å²) in [6.07, 6.45) is 11.8. The van der Waals surface area contributed by atoms with Gasteiger partial charge in [-0.2, -0.15) is 0 Å². The van der Waals surface area contributed by atoms with Crippen LogP contribution in [0.15, 0.2) is 0 Å². The van der Waals surface area contributed by atoms with Gasteiger partial charge in [-0.05, 0) is 13.0 Å². The van der Waals surface area contributed by atoms with Gasteiger partial charge in [0.05, 0.1) is 65.1 Å². The van der Waals surface area contributed by atoms with Gasteiger partial charge in [-0.15, -0.1) is 0 Å². The molecule has 1 heterocycles. The van der Waals surface area contributed by atoms with Crippen molar-refractivity contribution in [1.82, 2.24) is 4.90 Å². The van der Waals surface area contributed by atoms with Crippen LogP contribution in [0.1, 0.15) is 71.1 Å². The van der Waals surface area contributed by atoms with Gasteiger partial charge in [-0.3, -0.25) is 4.90 Å². The van der Waals surface area contributed by atoms with E-state index in [4.69, 9.17) is 18.9 Å². The van der Waals surface area contributed by atoms with Crippen molar-refractivity contribution in [1.29, 1.82) is 0 Å². The molecule has 0 amide bonds. The Kier molecular flexibility index (Phi) is 20.0. The van der Waals surface area contributed by atoms with Crippen molar-refractivity contribution in [2.45, 2.75) is 83.3 Å². The standard InChI is InChI=1S/C24H49NO6/c1-2-3-4-5-6-7-8-9-10-11-12-25-19-23(26)21-30-17-15-28-13-14-29-16-18-31-22-24(27)20-25/h23-24,26-27H,2-22H2,1H3. The number of aliphatic hydroxyl groups excluding tert-OH is 2. The van der Waals surface area contributed by atoms with E-state index in [9.17, 15) is 10.2 Å². The van der Waals surface area contributed by atoms with E-state index in [1.807, 2.05) is 0 Å². The summed E-state index contributed by atoms with van der Waals surface area (Å²) in [6, 6.07) is 0. The number of rotatable bonds is 11. The minimum absolute atomic E-state index is 0.279. The van der Waals surface area contributed by atoms with Crippen molar-refractivity contribution in [3.8, 4) is 0 Å². The summed E-state index contributed by atoms with van der Waals surface area (Å²) in [5, 5.41) is 20.7. The zero-order valence-electron chi connectivity index (χ0n) is 20.0. The monoisotopic (exact) mass is 447 g/mol. The van der Waals surface area contributed by atoms with E-state index in [0.717, 1.165) is 13.0 Å². The topological polar surface area (TPSA) is 80.6 Å². The van der Waals surface area contributed by atoms with E-state index >= 15 is 0 Å². The molecule has 0 aromatic heterocycles. The smallest absolute Gasteiger partial charge is 0.0900 e. The zero-order valence-corrected chi connectivity index (χ0v) is 20.0. The number of nitrogens with zero attached hydrogens (tertiary/aromatic N) is 1. The minimum Gasteiger partial charge on any atom is -0.389 e. The fraction of sp³-hybridized carbons (Fsp3) is 1.00. The Morgan fingerprint density at radius 1 is 0.581 bits per heavy atom. The fourth-order valence-electron chi connectivity index (χ4n) is 3.78. The molecule has 0 spiro atoms. The van der Waals surface area contributed by atoms with Crippen LogP contribution in [0.5, 0.6) is 0 Å². The van der Waals surface area contributed by atoms with Crippen LogP contribution in [0.4, 0.5) is 0 Å². The maximum absolute atomic E-state index is 10.3. The van der Waals surface area contributed by atoms with Gasteiger partial charge in [0.1, 0.15) is 0 Å². The number of hydrogen-bond donors (Lipinski definition) is 2. The van der Waals surface area contributed by atoms with Crippen LogP contribution >= 0.6 is 0 Å². The lowest BCUT2D eigenvalue weighted by atomic mass is 10.1. The van der Waals surface area contributed by atoms with Crippen molar-refractivity contribution in [3.05, 3.63) is 0 Å². The Labute approximate surface area is 190 Å². The second-order valence-electron chi connectivity index (χ2n) is 8.62. The first kappa shape index (κ1) is 28.8. The maximum Gasteiger partial charge on any atom is 0.0900 e. The lowest BCUT2D eigenvalue weighted by molar-refractivity contribution is -0.0195. The van der Waals surface area contributed by atoms with Crippen LogP contribution in [-0.2, 0) is 18.9 Å². The number of ether oxygens (including phenoxy) is 4. The second kappa shape index (κ2) is 21.6. The quantitative estimate of drug-likeness (QED) is 0.471. The molecule has 2 atom stereocenters. The molecule has 0 saturated carbocycles. The Bertz CT molecular complexity index is 352. The molecule has 0 bridgehead atoms. The third-order valence-corrected chi connectivity index (χ3v) is 5.50. The van der Waals surface area contributed by atoms with Crippen LogP contribution in [0.2, 0.25) is 0 Å². The van der Waals surface area contributed by atoms with Gasteiger partial charge >= 0.3 is 0 Å². The molecular weight excluding hydrogens is 398 g/mol. The van der Waals surface area contributed by atoms with Crippen molar-refractivity contribution >= 4 is 0 Å². The average molecular weight is 448 g/mol. The van der Waals surface area contributed by atoms with E-state index in [-0.39, 0.29) is 13.2 Å². The van der Waals surface area contributed by atoms with Crippen LogP contribution in [-0.4, -0.2) is 99.8 Å². The zero-order chi connectivity index (χ0) is 22.4. The molecular formula is C24H49NO6. The SMILES string of the molecule is CCCCCCCCCCCCN1CC(O)COCCOCCOCCOCC(O)C1. The summed E-state index contributed by atoms with van der Waals surface area (Å²) >= 11 is 0. The number of aliphatic hydroxyl groups is 2. The molecule has 1 aliphatic heterocycles. The highest BCUT2D eigenvalue weighted by Gasteiger charge is 2.16. The molecule has 0 aromatic rings. The van der Waals surface area contributed by atoms with Gasteiger partial charge in [0, 0.05) is 13.1 Å². The first-order chi connectivity index (χ1) is 15.2. The Morgan fingerprint density at radius 3 is 1.42 bits per heavy atom. The Morgan fingerprint density at radius 2 is 0.968 bits per heavy atom. The van der Waals surface area contributed by atoms with Crippen LogP contribution in [0, 0.1) is 0 Å². The van der Waals surface area contributed by atoms with Crippen molar-refractivity contribution in [2.75, 3.05) is 72.5 Å². The summed E-state index contributed by atoms with van der Waals surface area (Å²) in [5.74, 6) is 0. The van der Waals surface area contributed by atoms with Gasteiger partial charge in [0.15, 0.2) is 0 Å². The van der Waals surface area contributed by atoms with Gasteiger partial charge in [0.25, 0.3) is 0 Å². The van der Waals surface area contributed by atoms with Gasteiger partial charge in [0.2, 0.25) is 0 Å². The highest BCUT2D eigenvalue weighted by molar-refractivity contribution is 4.69. The van der Waals surface area contributed by atoms with E-state index in [0.29, 0.717) is 52.7 Å². The van der Waals surface area contributed by atoms with Gasteiger partial charge < -0.3 is 29.2 Å². The fourth-order valence-corrected chi connectivity index (χ4v) is 3.78. The van der Waals surface area contributed by atoms with E-state index < -0.39 is 12.2 Å². The van der Waals surface area contributed by atoms with Crippen molar-refractivity contribution < 1.29 is 29.2 Å². The highest BCUT2D eigenvalue weighted by Crippen LogP contribution is 2.11. The molecule has 0 radical (unpaired) electrons. The predicted molar refractivity (Wildman–Crippen MR) is 124 cm³/mol. The van der Waals surface area contributed by atoms with E-state index in [1.165, 1.54) is 57.8 Å². The number of hydrogen-bond acceptors (Lipinski definition) is 7. The summed E-state index contributed by atoms with van der Waals surface area (Å²) in [6.45, 7) is 7.62. The first-order valence-electron chi connectivity index (χ1n) is 12.6.